The molecule has 1 atom stereocenters. The molecule has 1 unspecified atom stereocenters. The normalized spacial score (nSPS) is 19.5. The van der Waals surface area contributed by atoms with Crippen LogP contribution in [0.1, 0.15) is 19.0 Å². The first-order valence-corrected chi connectivity index (χ1v) is 6.51. The van der Waals surface area contributed by atoms with Crippen molar-refractivity contribution in [2.24, 2.45) is 0 Å². The monoisotopic (exact) mass is 297 g/mol. The predicted molar refractivity (Wildman–Crippen MR) is 71.1 cm³/mol. The molecule has 0 bridgehead atoms. The first-order chi connectivity index (χ1) is 8.06. The Kier molecular flexibility index (Phi) is 3.66. The molecule has 0 spiro atoms. The molecule has 4 nitrogen and oxygen atoms in total. The van der Waals surface area contributed by atoms with Crippen molar-refractivity contribution in [3.8, 4) is 0 Å². The summed E-state index contributed by atoms with van der Waals surface area (Å²) in [6, 6.07) is 4.27. The predicted octanol–water partition coefficient (Wildman–Crippen LogP) is 1.87. The van der Waals surface area contributed by atoms with Crippen molar-refractivity contribution in [3.05, 3.63) is 22.3 Å². The minimum atomic E-state index is 0.0387. The van der Waals surface area contributed by atoms with Crippen LogP contribution in [0.25, 0.3) is 0 Å². The van der Waals surface area contributed by atoms with Crippen LogP contribution in [0, 0.1) is 6.92 Å². The van der Waals surface area contributed by atoms with Crippen LogP contribution in [0.4, 0.5) is 5.82 Å². The van der Waals surface area contributed by atoms with Crippen molar-refractivity contribution in [2.75, 3.05) is 18.0 Å². The molecule has 17 heavy (non-hydrogen) atoms. The minimum absolute atomic E-state index is 0.0387. The zero-order chi connectivity index (χ0) is 12.4. The average molecular weight is 298 g/mol. The maximum atomic E-state index is 11.0. The third kappa shape index (κ3) is 2.97. The Bertz CT molecular complexity index is 436. The number of nitrogens with one attached hydrogen (secondary N) is 1. The summed E-state index contributed by atoms with van der Waals surface area (Å²) in [6.45, 7) is 5.33. The van der Waals surface area contributed by atoms with Gasteiger partial charge in [-0.05, 0) is 41.4 Å². The van der Waals surface area contributed by atoms with E-state index < -0.39 is 0 Å². The number of aryl methyl sites for hydroxylation is 1. The Hall–Kier alpha value is -1.10. The van der Waals surface area contributed by atoms with Gasteiger partial charge in [0.1, 0.15) is 5.82 Å². The van der Waals surface area contributed by atoms with Crippen LogP contribution >= 0.6 is 15.9 Å². The van der Waals surface area contributed by atoms with Gasteiger partial charge in [0.15, 0.2) is 0 Å². The highest BCUT2D eigenvalue weighted by molar-refractivity contribution is 9.10. The maximum Gasteiger partial charge on any atom is 0.217 e. The molecule has 1 aromatic rings. The number of amides is 1. The fourth-order valence-electron chi connectivity index (χ4n) is 2.08. The van der Waals surface area contributed by atoms with Crippen LogP contribution in [0.15, 0.2) is 16.6 Å². The topological polar surface area (TPSA) is 45.2 Å². The Labute approximate surface area is 110 Å². The van der Waals surface area contributed by atoms with E-state index in [2.05, 4.69) is 31.1 Å². The number of rotatable bonds is 2. The number of carbonyl (C=O) groups is 1. The highest BCUT2D eigenvalue weighted by Crippen LogP contribution is 2.22. The van der Waals surface area contributed by atoms with Crippen LogP contribution in [-0.2, 0) is 4.79 Å². The Morgan fingerprint density at radius 1 is 1.59 bits per heavy atom. The summed E-state index contributed by atoms with van der Waals surface area (Å²) in [6.07, 6.45) is 0.983. The second-order valence-electron chi connectivity index (χ2n) is 4.37. The van der Waals surface area contributed by atoms with Gasteiger partial charge < -0.3 is 10.2 Å². The molecule has 1 aromatic heterocycles. The van der Waals surface area contributed by atoms with Crippen LogP contribution in [0.5, 0.6) is 0 Å². The van der Waals surface area contributed by atoms with Gasteiger partial charge in [0, 0.05) is 30.5 Å². The summed E-state index contributed by atoms with van der Waals surface area (Å²) in [5.74, 6) is 1.02. The molecule has 1 aliphatic heterocycles. The molecule has 2 heterocycles. The first-order valence-electron chi connectivity index (χ1n) is 5.71. The molecule has 92 valence electrons. The number of aromatic nitrogens is 1. The van der Waals surface area contributed by atoms with Crippen LogP contribution in [-0.4, -0.2) is 30.0 Å². The van der Waals surface area contributed by atoms with E-state index in [1.165, 1.54) is 0 Å². The van der Waals surface area contributed by atoms with E-state index in [1.807, 2.05) is 19.1 Å². The summed E-state index contributed by atoms with van der Waals surface area (Å²) in [5.41, 5.74) is 0.991. The molecule has 0 saturated carbocycles. The smallest absolute Gasteiger partial charge is 0.217 e. The van der Waals surface area contributed by atoms with Gasteiger partial charge in [-0.2, -0.15) is 0 Å². The Balaban J connectivity index is 2.04. The average Bonchev–Trinajstić information content (AvgIpc) is 2.69. The third-order valence-corrected chi connectivity index (χ3v) is 3.76. The lowest BCUT2D eigenvalue weighted by Gasteiger charge is -2.18. The first kappa shape index (κ1) is 12.4. The largest absolute Gasteiger partial charge is 0.354 e. The van der Waals surface area contributed by atoms with E-state index in [1.54, 1.807) is 6.92 Å². The zero-order valence-electron chi connectivity index (χ0n) is 10.0. The van der Waals surface area contributed by atoms with E-state index in [4.69, 9.17) is 0 Å². The number of halogens is 1. The lowest BCUT2D eigenvalue weighted by Crippen LogP contribution is -2.35. The molecule has 1 fully saturated rings. The molecule has 1 amide bonds. The van der Waals surface area contributed by atoms with Gasteiger partial charge in [-0.1, -0.05) is 0 Å². The van der Waals surface area contributed by atoms with E-state index >= 15 is 0 Å². The van der Waals surface area contributed by atoms with Crippen molar-refractivity contribution in [1.82, 2.24) is 10.3 Å². The molecule has 0 aromatic carbocycles. The second-order valence-corrected chi connectivity index (χ2v) is 5.22. The summed E-state index contributed by atoms with van der Waals surface area (Å²) in [5, 5.41) is 2.95. The minimum Gasteiger partial charge on any atom is -0.354 e. The standard InChI is InChI=1S/C12H16BrN3O/c1-8-11(13)3-4-12(14-8)16-6-5-10(7-16)15-9(2)17/h3-4,10H,5-7H2,1-2H3,(H,15,17). The number of anilines is 1. The third-order valence-electron chi connectivity index (χ3n) is 2.93. The number of nitrogens with zero attached hydrogens (tertiary/aromatic N) is 2. The molecule has 2 rings (SSSR count). The van der Waals surface area contributed by atoms with E-state index in [0.717, 1.165) is 35.5 Å². The molecule has 5 heteroatoms. The van der Waals surface area contributed by atoms with Gasteiger partial charge in [-0.25, -0.2) is 4.98 Å². The Morgan fingerprint density at radius 3 is 3.00 bits per heavy atom. The van der Waals surface area contributed by atoms with Gasteiger partial charge in [-0.3, -0.25) is 4.79 Å². The lowest BCUT2D eigenvalue weighted by molar-refractivity contribution is -0.119. The van der Waals surface area contributed by atoms with Gasteiger partial charge in [-0.15, -0.1) is 0 Å². The summed E-state index contributed by atoms with van der Waals surface area (Å²) >= 11 is 3.44. The number of hydrogen-bond acceptors (Lipinski definition) is 3. The highest BCUT2D eigenvalue weighted by Gasteiger charge is 2.23. The fourth-order valence-corrected chi connectivity index (χ4v) is 2.30. The van der Waals surface area contributed by atoms with Crippen LogP contribution in [0.3, 0.4) is 0 Å². The number of carbonyl (C=O) groups excluding carboxylic acids is 1. The summed E-state index contributed by atoms with van der Waals surface area (Å²) in [7, 11) is 0. The summed E-state index contributed by atoms with van der Waals surface area (Å²) in [4.78, 5) is 17.7. The van der Waals surface area contributed by atoms with Gasteiger partial charge >= 0.3 is 0 Å². The molecule has 0 aliphatic carbocycles. The zero-order valence-corrected chi connectivity index (χ0v) is 11.6. The van der Waals surface area contributed by atoms with Crippen LogP contribution in [0.2, 0.25) is 0 Å². The van der Waals surface area contributed by atoms with Gasteiger partial charge in [0.25, 0.3) is 0 Å². The molecular weight excluding hydrogens is 282 g/mol. The van der Waals surface area contributed by atoms with E-state index in [0.29, 0.717) is 0 Å². The maximum absolute atomic E-state index is 11.0. The molecule has 1 N–H and O–H groups in total. The number of pyridine rings is 1. The van der Waals surface area contributed by atoms with Crippen molar-refractivity contribution in [1.29, 1.82) is 0 Å². The highest BCUT2D eigenvalue weighted by atomic mass is 79.9. The van der Waals surface area contributed by atoms with Crippen molar-refractivity contribution in [2.45, 2.75) is 26.3 Å². The molecular formula is C12H16BrN3O. The molecule has 0 radical (unpaired) electrons. The molecule has 1 aliphatic rings. The lowest BCUT2D eigenvalue weighted by atomic mass is 10.2. The quantitative estimate of drug-likeness (QED) is 0.906. The van der Waals surface area contributed by atoms with Gasteiger partial charge in [0.05, 0.1) is 5.69 Å². The van der Waals surface area contributed by atoms with Crippen molar-refractivity contribution >= 4 is 27.7 Å². The second kappa shape index (κ2) is 5.04. The van der Waals surface area contributed by atoms with E-state index in [-0.39, 0.29) is 11.9 Å². The Morgan fingerprint density at radius 2 is 2.35 bits per heavy atom. The molecule has 1 saturated heterocycles. The fraction of sp³-hybridized carbons (Fsp3) is 0.500. The number of hydrogen-bond donors (Lipinski definition) is 1. The summed E-state index contributed by atoms with van der Waals surface area (Å²) < 4.78 is 1.03. The van der Waals surface area contributed by atoms with Crippen LogP contribution < -0.4 is 10.2 Å². The van der Waals surface area contributed by atoms with E-state index in [9.17, 15) is 4.79 Å². The van der Waals surface area contributed by atoms with Gasteiger partial charge in [0.2, 0.25) is 5.91 Å². The van der Waals surface area contributed by atoms with Crippen molar-refractivity contribution in [3.63, 3.8) is 0 Å². The SMILES string of the molecule is CC(=O)NC1CCN(c2ccc(Br)c(C)n2)C1. The van der Waals surface area contributed by atoms with Crippen molar-refractivity contribution < 1.29 is 4.79 Å².